The Morgan fingerprint density at radius 3 is 2.40 bits per heavy atom. The Bertz CT molecular complexity index is 2970. The SMILES string of the molecule is CC(C)c1cc(-c2n[nH]c(=O)n2-c2ccc(N3CCN(CC(=O)N4CCC(C(=O)OC5=COCc6cn7cc8cc9ccccc9nc8c7cc65)CC4)CC3)cc2)c(O)cc1O. The number of nitrogens with one attached hydrogen (secondary N) is 1. The molecule has 62 heavy (non-hydrogen) atoms. The van der Waals surface area contributed by atoms with Gasteiger partial charge < -0.3 is 33.9 Å². The lowest BCUT2D eigenvalue weighted by atomic mass is 9.96. The number of likely N-dealkylation sites (tertiary alicyclic amines) is 1. The van der Waals surface area contributed by atoms with E-state index < -0.39 is 5.69 Å². The number of amides is 1. The normalized spacial score (nSPS) is 16.2. The molecule has 15 heteroatoms. The maximum Gasteiger partial charge on any atom is 0.348 e. The summed E-state index contributed by atoms with van der Waals surface area (Å²) >= 11 is 0. The Balaban J connectivity index is 0.725. The predicted octanol–water partition coefficient (Wildman–Crippen LogP) is 6.15. The van der Waals surface area contributed by atoms with Crippen LogP contribution in [0.25, 0.3) is 50.2 Å². The number of phenolic OH excluding ortho intramolecular Hbond substituents is 2. The molecule has 3 aliphatic heterocycles. The number of anilines is 1. The van der Waals surface area contributed by atoms with E-state index in [2.05, 4.69) is 42.7 Å². The highest BCUT2D eigenvalue weighted by Crippen LogP contribution is 2.38. The second kappa shape index (κ2) is 15.7. The van der Waals surface area contributed by atoms with Gasteiger partial charge in [-0.3, -0.25) is 14.5 Å². The molecule has 3 aliphatic rings. The fourth-order valence-electron chi connectivity index (χ4n) is 8.97. The molecule has 316 valence electrons. The second-order valence-electron chi connectivity index (χ2n) is 16.7. The Kier molecular flexibility index (Phi) is 9.90. The molecule has 0 bridgehead atoms. The molecule has 2 fully saturated rings. The number of H-pyrrole nitrogens is 1. The number of piperazine rings is 1. The van der Waals surface area contributed by atoms with E-state index in [1.54, 1.807) is 6.07 Å². The van der Waals surface area contributed by atoms with E-state index in [0.717, 1.165) is 57.2 Å². The highest BCUT2D eigenvalue weighted by atomic mass is 16.6. The van der Waals surface area contributed by atoms with Crippen LogP contribution in [0.5, 0.6) is 11.5 Å². The van der Waals surface area contributed by atoms with E-state index in [9.17, 15) is 24.6 Å². The minimum atomic E-state index is -0.452. The maximum atomic E-state index is 13.5. The fourth-order valence-corrected chi connectivity index (χ4v) is 8.97. The largest absolute Gasteiger partial charge is 0.508 e. The van der Waals surface area contributed by atoms with Crippen molar-refractivity contribution in [1.29, 1.82) is 0 Å². The molecule has 2 saturated heterocycles. The summed E-state index contributed by atoms with van der Waals surface area (Å²) < 4.78 is 15.2. The van der Waals surface area contributed by atoms with Crippen LogP contribution in [0.15, 0.2) is 96.2 Å². The number of hydrogen-bond acceptors (Lipinski definition) is 11. The summed E-state index contributed by atoms with van der Waals surface area (Å²) in [4.78, 5) is 51.1. The molecule has 0 aliphatic carbocycles. The first-order valence-electron chi connectivity index (χ1n) is 21.0. The molecule has 0 radical (unpaired) electrons. The summed E-state index contributed by atoms with van der Waals surface area (Å²) in [6, 6.07) is 22.7. The van der Waals surface area contributed by atoms with Crippen molar-refractivity contribution < 1.29 is 29.3 Å². The Morgan fingerprint density at radius 1 is 0.871 bits per heavy atom. The lowest BCUT2D eigenvalue weighted by Gasteiger charge is -2.37. The number of benzene rings is 3. The average molecular weight is 835 g/mol. The minimum absolute atomic E-state index is 0.0106. The standard InChI is InChI=1S/C47H46N8O7/c1-28(2)35-20-37(41(57)22-40(35)56)45-49-50-47(60)55(45)34-9-7-33(8-10-34)52-17-15-51(16-18-52)25-43(58)53-13-11-29(12-14-53)46(59)62-42-27-61-26-32-24-54-23-31-19-30-5-3-4-6-38(30)48-44(31)39(54)21-36(32)42/h3-10,19-24,27-29,56-57H,11-18,25-26H2,1-2H3,(H,50,60). The molecule has 0 saturated carbocycles. The van der Waals surface area contributed by atoms with Crippen molar-refractivity contribution in [2.75, 3.05) is 50.7 Å². The third-order valence-electron chi connectivity index (χ3n) is 12.4. The average Bonchev–Trinajstić information content (AvgIpc) is 3.83. The number of ether oxygens (including phenoxy) is 2. The first kappa shape index (κ1) is 39.0. The van der Waals surface area contributed by atoms with Gasteiger partial charge in [-0.05, 0) is 72.9 Å². The predicted molar refractivity (Wildman–Crippen MR) is 234 cm³/mol. The van der Waals surface area contributed by atoms with Gasteiger partial charge in [-0.25, -0.2) is 19.4 Å². The number of aromatic nitrogens is 5. The third kappa shape index (κ3) is 7.17. The lowest BCUT2D eigenvalue weighted by Crippen LogP contribution is -2.51. The van der Waals surface area contributed by atoms with Crippen molar-refractivity contribution in [3.05, 3.63) is 119 Å². The molecule has 3 aromatic carbocycles. The van der Waals surface area contributed by atoms with Gasteiger partial charge in [0, 0.05) is 85.3 Å². The van der Waals surface area contributed by atoms with Gasteiger partial charge in [-0.2, -0.15) is 5.10 Å². The number of aromatic hydroxyl groups is 2. The van der Waals surface area contributed by atoms with E-state index in [-0.39, 0.29) is 41.0 Å². The topological polar surface area (TPSA) is 171 Å². The number of carbonyl (C=O) groups excluding carboxylic acids is 2. The molecule has 10 rings (SSSR count). The molecule has 0 spiro atoms. The zero-order valence-electron chi connectivity index (χ0n) is 34.5. The van der Waals surface area contributed by atoms with E-state index in [1.807, 2.05) is 73.5 Å². The zero-order chi connectivity index (χ0) is 42.6. The van der Waals surface area contributed by atoms with Gasteiger partial charge in [0.25, 0.3) is 0 Å². The van der Waals surface area contributed by atoms with Gasteiger partial charge in [0.15, 0.2) is 11.6 Å². The van der Waals surface area contributed by atoms with Gasteiger partial charge in [0.05, 0.1) is 40.3 Å². The van der Waals surface area contributed by atoms with Gasteiger partial charge in [0.2, 0.25) is 5.91 Å². The van der Waals surface area contributed by atoms with Crippen LogP contribution in [0.4, 0.5) is 5.69 Å². The van der Waals surface area contributed by atoms with Crippen molar-refractivity contribution in [3.63, 3.8) is 0 Å². The highest BCUT2D eigenvalue weighted by Gasteiger charge is 2.32. The van der Waals surface area contributed by atoms with Crippen molar-refractivity contribution in [2.45, 2.75) is 39.2 Å². The number of aromatic amines is 1. The van der Waals surface area contributed by atoms with Crippen molar-refractivity contribution >= 4 is 50.6 Å². The number of carbonyl (C=O) groups is 2. The van der Waals surface area contributed by atoms with Crippen LogP contribution < -0.4 is 10.6 Å². The monoisotopic (exact) mass is 834 g/mol. The summed E-state index contributed by atoms with van der Waals surface area (Å²) in [5.41, 5.74) is 6.52. The molecular weight excluding hydrogens is 789 g/mol. The second-order valence-corrected chi connectivity index (χ2v) is 16.7. The number of nitrogens with zero attached hydrogens (tertiary/aromatic N) is 7. The number of piperidine rings is 1. The molecule has 0 unspecified atom stereocenters. The van der Waals surface area contributed by atoms with Gasteiger partial charge in [-0.15, -0.1) is 0 Å². The van der Waals surface area contributed by atoms with Gasteiger partial charge >= 0.3 is 11.7 Å². The summed E-state index contributed by atoms with van der Waals surface area (Å²) in [6.45, 7) is 8.37. The van der Waals surface area contributed by atoms with Crippen molar-refractivity contribution in [1.82, 2.24) is 33.9 Å². The fraction of sp³-hybridized carbons (Fsp3) is 0.298. The van der Waals surface area contributed by atoms with Crippen molar-refractivity contribution in [3.8, 4) is 28.6 Å². The number of hydrogen-bond donors (Lipinski definition) is 3. The molecule has 3 N–H and O–H groups in total. The molecule has 1 amide bonds. The van der Waals surface area contributed by atoms with Crippen LogP contribution in [-0.2, 0) is 25.7 Å². The number of phenols is 2. The van der Waals surface area contributed by atoms with E-state index in [4.69, 9.17) is 14.5 Å². The van der Waals surface area contributed by atoms with Crippen LogP contribution in [-0.4, -0.2) is 102 Å². The first-order valence-corrected chi connectivity index (χ1v) is 21.0. The zero-order valence-corrected chi connectivity index (χ0v) is 34.5. The van der Waals surface area contributed by atoms with Crippen LogP contribution in [0.1, 0.15) is 49.3 Å². The Labute approximate surface area is 356 Å². The number of esters is 1. The van der Waals surface area contributed by atoms with Crippen LogP contribution in [0.2, 0.25) is 0 Å². The number of rotatable bonds is 8. The highest BCUT2D eigenvalue weighted by molar-refractivity contribution is 6.01. The Hall–Kier alpha value is -7.13. The summed E-state index contributed by atoms with van der Waals surface area (Å²) in [5.74, 6) is -0.177. The summed E-state index contributed by atoms with van der Waals surface area (Å²) in [5, 5.41) is 29.8. The molecule has 7 heterocycles. The van der Waals surface area contributed by atoms with Crippen LogP contribution in [0, 0.1) is 5.92 Å². The van der Waals surface area contributed by atoms with E-state index in [1.165, 1.54) is 16.9 Å². The third-order valence-corrected chi connectivity index (χ3v) is 12.4. The quantitative estimate of drug-likeness (QED) is 0.150. The summed E-state index contributed by atoms with van der Waals surface area (Å²) in [7, 11) is 0. The van der Waals surface area contributed by atoms with Gasteiger partial charge in [-0.1, -0.05) is 32.0 Å². The first-order chi connectivity index (χ1) is 30.1. The molecule has 4 aromatic heterocycles. The maximum absolute atomic E-state index is 13.5. The molecule has 15 nitrogen and oxygen atoms in total. The molecule has 0 atom stereocenters. The van der Waals surface area contributed by atoms with E-state index >= 15 is 0 Å². The molecule has 7 aromatic rings. The smallest absolute Gasteiger partial charge is 0.348 e. The van der Waals surface area contributed by atoms with Crippen LogP contribution in [0.3, 0.4) is 0 Å². The Morgan fingerprint density at radius 2 is 1.63 bits per heavy atom. The van der Waals surface area contributed by atoms with Gasteiger partial charge in [0.1, 0.15) is 24.4 Å². The van der Waals surface area contributed by atoms with Crippen molar-refractivity contribution in [2.24, 2.45) is 5.92 Å². The number of pyridine rings is 2. The number of para-hydroxylation sites is 1. The van der Waals surface area contributed by atoms with E-state index in [0.29, 0.717) is 74.7 Å². The molecular formula is C47H46N8O7. The number of fused-ring (bicyclic) bond motifs is 5. The minimum Gasteiger partial charge on any atom is -0.508 e. The summed E-state index contributed by atoms with van der Waals surface area (Å²) in [6.07, 6.45) is 6.64. The van der Waals surface area contributed by atoms with Crippen LogP contribution >= 0.6 is 0 Å². The lowest BCUT2D eigenvalue weighted by molar-refractivity contribution is -0.145.